The first-order valence-corrected chi connectivity index (χ1v) is 17.4. The number of hydrogen-bond donors (Lipinski definition) is 3. The topological polar surface area (TPSA) is 181 Å². The lowest BCUT2D eigenvalue weighted by Gasteiger charge is -2.35. The summed E-state index contributed by atoms with van der Waals surface area (Å²) in [5.74, 6) is 0.0244. The number of urea groups is 1. The number of carbonyl (C=O) groups is 2. The molecule has 0 spiro atoms. The van der Waals surface area contributed by atoms with Gasteiger partial charge >= 0.3 is 6.03 Å². The number of aliphatic hydroxyl groups excluding tert-OH is 1. The van der Waals surface area contributed by atoms with E-state index in [1.165, 1.54) is 28.8 Å². The van der Waals surface area contributed by atoms with Crippen molar-refractivity contribution in [3.05, 3.63) is 47.7 Å². The predicted octanol–water partition coefficient (Wildman–Crippen LogP) is 3.79. The van der Waals surface area contributed by atoms with E-state index in [0.717, 1.165) is 12.8 Å². The fourth-order valence-electron chi connectivity index (χ4n) is 5.43. The summed E-state index contributed by atoms with van der Waals surface area (Å²) in [6.45, 7) is 9.17. The summed E-state index contributed by atoms with van der Waals surface area (Å²) in [6, 6.07) is 3.69. The molecule has 0 saturated carbocycles. The fraction of sp³-hybridized carbons (Fsp3) is 0.562. The molecule has 0 bridgehead atoms. The van der Waals surface area contributed by atoms with Crippen molar-refractivity contribution in [1.82, 2.24) is 23.9 Å². The van der Waals surface area contributed by atoms with E-state index in [2.05, 4.69) is 20.8 Å². The molecular formula is C32H47N7O8S. The van der Waals surface area contributed by atoms with Crippen LogP contribution in [-0.2, 0) is 21.8 Å². The maximum Gasteiger partial charge on any atom is 0.323 e. The molecule has 0 saturated heterocycles. The maximum absolute atomic E-state index is 14.3. The molecule has 1 aliphatic rings. The van der Waals surface area contributed by atoms with Crippen LogP contribution in [0, 0.1) is 19.8 Å². The van der Waals surface area contributed by atoms with Gasteiger partial charge in [-0.2, -0.15) is 4.31 Å². The van der Waals surface area contributed by atoms with Crippen LogP contribution >= 0.6 is 0 Å². The summed E-state index contributed by atoms with van der Waals surface area (Å²) in [5, 5.41) is 19.5. The minimum absolute atomic E-state index is 0.0278. The Hall–Kier alpha value is -3.99. The molecule has 16 heteroatoms. The summed E-state index contributed by atoms with van der Waals surface area (Å²) >= 11 is 0. The second-order valence-electron chi connectivity index (χ2n) is 12.5. The normalized spacial score (nSPS) is 20.5. The zero-order valence-electron chi connectivity index (χ0n) is 28.6. The van der Waals surface area contributed by atoms with Crippen LogP contribution < -0.4 is 15.4 Å². The van der Waals surface area contributed by atoms with Crippen molar-refractivity contribution in [3.63, 3.8) is 0 Å². The maximum atomic E-state index is 14.3. The van der Waals surface area contributed by atoms with Gasteiger partial charge in [-0.3, -0.25) is 4.79 Å². The Kier molecular flexibility index (Phi) is 12.2. The highest BCUT2D eigenvalue weighted by Crippen LogP contribution is 2.29. The van der Waals surface area contributed by atoms with E-state index in [4.69, 9.17) is 14.0 Å². The molecule has 0 fully saturated rings. The smallest absolute Gasteiger partial charge is 0.323 e. The van der Waals surface area contributed by atoms with Crippen molar-refractivity contribution in [2.45, 2.75) is 77.2 Å². The van der Waals surface area contributed by atoms with E-state index in [0.29, 0.717) is 41.6 Å². The van der Waals surface area contributed by atoms with Crippen LogP contribution in [-0.4, -0.2) is 101 Å². The van der Waals surface area contributed by atoms with Crippen molar-refractivity contribution in [3.8, 4) is 5.75 Å². The molecule has 1 aliphatic heterocycles. The molecule has 0 unspecified atom stereocenters. The number of aromatic nitrogens is 3. The van der Waals surface area contributed by atoms with Gasteiger partial charge in [0.1, 0.15) is 17.1 Å². The van der Waals surface area contributed by atoms with Gasteiger partial charge in [0.05, 0.1) is 36.7 Å². The van der Waals surface area contributed by atoms with Crippen molar-refractivity contribution in [2.75, 3.05) is 44.0 Å². The minimum Gasteiger partial charge on any atom is -0.490 e. The minimum atomic E-state index is -3.89. The van der Waals surface area contributed by atoms with E-state index >= 15 is 0 Å². The van der Waals surface area contributed by atoms with Crippen molar-refractivity contribution < 1.29 is 37.1 Å². The van der Waals surface area contributed by atoms with Crippen LogP contribution in [0.2, 0.25) is 0 Å². The van der Waals surface area contributed by atoms with Gasteiger partial charge in [0.2, 0.25) is 0 Å². The Morgan fingerprint density at radius 2 is 1.96 bits per heavy atom. The molecule has 3 heterocycles. The Morgan fingerprint density at radius 1 is 1.21 bits per heavy atom. The molecule has 2 aromatic heterocycles. The summed E-state index contributed by atoms with van der Waals surface area (Å²) < 4.78 is 47.1. The van der Waals surface area contributed by atoms with Crippen LogP contribution in [0.15, 0.2) is 40.3 Å². The molecule has 4 rings (SSSR count). The number of likely N-dealkylation sites (N-methyl/N-ethyl adjacent to an activating group) is 1. The van der Waals surface area contributed by atoms with Gasteiger partial charge in [-0.1, -0.05) is 12.1 Å². The molecule has 3 amide bonds. The van der Waals surface area contributed by atoms with Gasteiger partial charge in [0, 0.05) is 51.6 Å². The highest BCUT2D eigenvalue weighted by atomic mass is 32.2. The molecule has 15 nitrogen and oxygen atoms in total. The summed E-state index contributed by atoms with van der Waals surface area (Å²) in [7, 11) is -0.717. The largest absolute Gasteiger partial charge is 0.490 e. The third-order valence-corrected chi connectivity index (χ3v) is 10.1. The predicted molar refractivity (Wildman–Crippen MR) is 179 cm³/mol. The zero-order chi connectivity index (χ0) is 35.2. The molecule has 3 aromatic rings. The van der Waals surface area contributed by atoms with Crippen LogP contribution in [0.25, 0.3) is 0 Å². The average Bonchev–Trinajstić information content (AvgIpc) is 3.63. The number of rotatable bonds is 8. The van der Waals surface area contributed by atoms with Crippen LogP contribution in [0.1, 0.15) is 61.8 Å². The molecular weight excluding hydrogens is 642 g/mol. The van der Waals surface area contributed by atoms with Gasteiger partial charge in [-0.15, -0.1) is 0 Å². The SMILES string of the molecule is Cc1noc(C)c1NC(=O)Nc1ccc2c(c1)C(=O)N([C@H](C)CO)C[C@@H](C)[C@H](CN(C)S(=O)(=O)c1cn(C)cn1)OCCCC[C@H](C)O2. The molecule has 1 aromatic carbocycles. The zero-order valence-corrected chi connectivity index (χ0v) is 29.4. The lowest BCUT2D eigenvalue weighted by molar-refractivity contribution is -0.00835. The van der Waals surface area contributed by atoms with E-state index in [9.17, 15) is 23.1 Å². The standard InChI is InChI=1S/C32H47N7O8S/c1-20-15-39(21(2)18-40)31(41)26-14-25(34-32(42)35-30-23(4)36-47-24(30)5)11-12-27(26)46-22(3)10-8-9-13-45-28(20)16-38(7)48(43,44)29-17-37(6)19-33-29/h11-12,14,17,19-22,28,40H,8-10,13,15-16,18H2,1-7H3,(H2,34,35,42)/t20-,21-,22+,28+/m1/s1. The number of carbonyl (C=O) groups excluding carboxylic acids is 2. The molecule has 3 N–H and O–H groups in total. The number of sulfonamides is 1. The van der Waals surface area contributed by atoms with Gasteiger partial charge in [0.15, 0.2) is 10.8 Å². The molecule has 48 heavy (non-hydrogen) atoms. The summed E-state index contributed by atoms with van der Waals surface area (Å²) in [4.78, 5) is 32.8. The fourth-order valence-corrected chi connectivity index (χ4v) is 6.58. The Morgan fingerprint density at radius 3 is 2.60 bits per heavy atom. The number of nitrogens with zero attached hydrogens (tertiary/aromatic N) is 5. The Bertz CT molecular complexity index is 1650. The molecule has 0 aliphatic carbocycles. The number of fused-ring (bicyclic) bond motifs is 1. The van der Waals surface area contributed by atoms with Gasteiger partial charge in [-0.05, 0) is 65.2 Å². The van der Waals surface area contributed by atoms with Gasteiger partial charge in [0.25, 0.3) is 15.9 Å². The monoisotopic (exact) mass is 689 g/mol. The Labute approximate surface area is 281 Å². The number of aliphatic hydroxyl groups is 1. The van der Waals surface area contributed by atoms with Gasteiger partial charge < -0.3 is 39.2 Å². The lowest BCUT2D eigenvalue weighted by Crippen LogP contribution is -2.48. The molecule has 264 valence electrons. The molecule has 0 radical (unpaired) electrons. The Balaban J connectivity index is 1.63. The van der Waals surface area contributed by atoms with Crippen LogP contribution in [0.3, 0.4) is 0 Å². The number of imidazole rings is 1. The number of hydrogen-bond acceptors (Lipinski definition) is 10. The lowest BCUT2D eigenvalue weighted by atomic mass is 10.0. The number of aryl methyl sites for hydroxylation is 3. The van der Waals surface area contributed by atoms with Gasteiger partial charge in [-0.25, -0.2) is 18.2 Å². The number of benzene rings is 1. The highest BCUT2D eigenvalue weighted by Gasteiger charge is 2.33. The van der Waals surface area contributed by atoms with Crippen molar-refractivity contribution in [2.24, 2.45) is 13.0 Å². The number of amides is 3. The van der Waals surface area contributed by atoms with E-state index in [1.807, 2.05) is 13.8 Å². The third kappa shape index (κ3) is 8.92. The second kappa shape index (κ2) is 15.9. The summed E-state index contributed by atoms with van der Waals surface area (Å²) in [5.41, 5.74) is 1.52. The van der Waals surface area contributed by atoms with E-state index < -0.39 is 34.1 Å². The van der Waals surface area contributed by atoms with Crippen molar-refractivity contribution >= 4 is 33.3 Å². The number of nitrogens with one attached hydrogen (secondary N) is 2. The summed E-state index contributed by atoms with van der Waals surface area (Å²) in [6.07, 6.45) is 4.23. The first kappa shape index (κ1) is 36.8. The first-order chi connectivity index (χ1) is 22.7. The third-order valence-electron chi connectivity index (χ3n) is 8.37. The first-order valence-electron chi connectivity index (χ1n) is 16.0. The van der Waals surface area contributed by atoms with Crippen LogP contribution in [0.4, 0.5) is 16.2 Å². The number of ether oxygens (including phenoxy) is 2. The number of anilines is 2. The quantitative estimate of drug-likeness (QED) is 0.315. The second-order valence-corrected chi connectivity index (χ2v) is 14.4. The van der Waals surface area contributed by atoms with E-state index in [-0.39, 0.29) is 42.3 Å². The van der Waals surface area contributed by atoms with Crippen molar-refractivity contribution in [1.29, 1.82) is 0 Å². The molecule has 4 atom stereocenters. The van der Waals surface area contributed by atoms with Crippen LogP contribution in [0.5, 0.6) is 5.75 Å². The average molecular weight is 690 g/mol. The highest BCUT2D eigenvalue weighted by molar-refractivity contribution is 7.89. The van der Waals surface area contributed by atoms with E-state index in [1.54, 1.807) is 50.6 Å².